The molecular formula is C15H17ClN2O2S. The van der Waals surface area contributed by atoms with Gasteiger partial charge in [-0.3, -0.25) is 9.00 Å². The summed E-state index contributed by atoms with van der Waals surface area (Å²) >= 11 is 6.05. The minimum absolute atomic E-state index is 0.0455. The number of aromatic nitrogens is 1. The molecule has 2 aromatic rings. The van der Waals surface area contributed by atoms with Gasteiger partial charge in [0.1, 0.15) is 5.15 Å². The highest BCUT2D eigenvalue weighted by atomic mass is 35.5. The number of hydrogen-bond donors (Lipinski definition) is 1. The van der Waals surface area contributed by atoms with E-state index in [0.29, 0.717) is 22.9 Å². The van der Waals surface area contributed by atoms with Crippen LogP contribution in [0.25, 0.3) is 10.8 Å². The Balaban J connectivity index is 2.20. The van der Waals surface area contributed by atoms with Gasteiger partial charge in [-0.1, -0.05) is 35.9 Å². The first kappa shape index (κ1) is 15.9. The first-order valence-electron chi connectivity index (χ1n) is 6.63. The predicted octanol–water partition coefficient (Wildman–Crippen LogP) is 2.78. The van der Waals surface area contributed by atoms with Gasteiger partial charge in [0.15, 0.2) is 0 Å². The summed E-state index contributed by atoms with van der Waals surface area (Å²) in [4.78, 5) is 16.4. The Morgan fingerprint density at radius 2 is 2.05 bits per heavy atom. The van der Waals surface area contributed by atoms with Gasteiger partial charge in [-0.15, -0.1) is 0 Å². The van der Waals surface area contributed by atoms with Crippen molar-refractivity contribution in [2.45, 2.75) is 19.4 Å². The second kappa shape index (κ2) is 7.00. The van der Waals surface area contributed by atoms with Crippen LogP contribution in [0.5, 0.6) is 0 Å². The van der Waals surface area contributed by atoms with Crippen molar-refractivity contribution in [1.29, 1.82) is 0 Å². The molecule has 0 spiro atoms. The van der Waals surface area contributed by atoms with Crippen molar-refractivity contribution in [2.75, 3.05) is 12.0 Å². The quantitative estimate of drug-likeness (QED) is 0.860. The van der Waals surface area contributed by atoms with Crippen LogP contribution in [-0.4, -0.2) is 33.2 Å². The fourth-order valence-corrected chi connectivity index (χ4v) is 2.95. The normalized spacial score (nSPS) is 13.9. The number of carbonyl (C=O) groups excluding carboxylic acids is 1. The third-order valence-corrected chi connectivity index (χ3v) is 4.32. The standard InChI is InChI=1S/C15H17ClN2O2S/c1-10(7-8-21(2)20)18-15(19)13-9-17-14(16)12-6-4-3-5-11(12)13/h3-6,9-10H,7-8H2,1-2H3,(H,18,19). The molecule has 1 amide bonds. The number of carbonyl (C=O) groups is 1. The average molecular weight is 325 g/mol. The van der Waals surface area contributed by atoms with Crippen LogP contribution in [-0.2, 0) is 10.8 Å². The Labute approximate surface area is 131 Å². The van der Waals surface area contributed by atoms with Gasteiger partial charge >= 0.3 is 0 Å². The molecule has 2 unspecified atom stereocenters. The van der Waals surface area contributed by atoms with Crippen molar-refractivity contribution in [1.82, 2.24) is 10.3 Å². The van der Waals surface area contributed by atoms with E-state index in [1.165, 1.54) is 6.20 Å². The van der Waals surface area contributed by atoms with Gasteiger partial charge < -0.3 is 5.32 Å². The Morgan fingerprint density at radius 3 is 2.71 bits per heavy atom. The van der Waals surface area contributed by atoms with E-state index in [1.54, 1.807) is 6.26 Å². The topological polar surface area (TPSA) is 59.1 Å². The van der Waals surface area contributed by atoms with Crippen LogP contribution in [0.1, 0.15) is 23.7 Å². The molecule has 0 radical (unpaired) electrons. The first-order valence-corrected chi connectivity index (χ1v) is 8.73. The van der Waals surface area contributed by atoms with Crippen LogP contribution in [0.4, 0.5) is 0 Å². The van der Waals surface area contributed by atoms with E-state index in [-0.39, 0.29) is 11.9 Å². The fourth-order valence-electron chi connectivity index (χ4n) is 2.06. The van der Waals surface area contributed by atoms with E-state index in [9.17, 15) is 9.00 Å². The Hall–Kier alpha value is -1.46. The van der Waals surface area contributed by atoms with E-state index < -0.39 is 10.8 Å². The fraction of sp³-hybridized carbons (Fsp3) is 0.333. The molecule has 0 saturated carbocycles. The van der Waals surface area contributed by atoms with Gasteiger partial charge in [0.2, 0.25) is 0 Å². The zero-order valence-corrected chi connectivity index (χ0v) is 13.5. The number of amides is 1. The lowest BCUT2D eigenvalue weighted by molar-refractivity contribution is 0.0941. The monoisotopic (exact) mass is 324 g/mol. The summed E-state index contributed by atoms with van der Waals surface area (Å²) in [5.41, 5.74) is 0.500. The summed E-state index contributed by atoms with van der Waals surface area (Å²) in [5, 5.41) is 4.83. The highest BCUT2D eigenvalue weighted by Crippen LogP contribution is 2.24. The van der Waals surface area contributed by atoms with Gasteiger partial charge in [0, 0.05) is 40.4 Å². The molecule has 1 aromatic heterocycles. The molecule has 21 heavy (non-hydrogen) atoms. The average Bonchev–Trinajstić information content (AvgIpc) is 2.45. The molecule has 2 rings (SSSR count). The molecule has 0 saturated heterocycles. The van der Waals surface area contributed by atoms with E-state index in [1.807, 2.05) is 31.2 Å². The van der Waals surface area contributed by atoms with Gasteiger partial charge in [-0.05, 0) is 18.7 Å². The number of nitrogens with zero attached hydrogens (tertiary/aromatic N) is 1. The van der Waals surface area contributed by atoms with Crippen LogP contribution < -0.4 is 5.32 Å². The van der Waals surface area contributed by atoms with Crippen LogP contribution in [0.15, 0.2) is 30.5 Å². The summed E-state index contributed by atoms with van der Waals surface area (Å²) in [6.45, 7) is 1.90. The molecule has 0 aliphatic heterocycles. The molecule has 1 N–H and O–H groups in total. The maximum Gasteiger partial charge on any atom is 0.253 e. The molecule has 0 aliphatic carbocycles. The largest absolute Gasteiger partial charge is 0.349 e. The maximum atomic E-state index is 12.4. The minimum Gasteiger partial charge on any atom is -0.349 e. The van der Waals surface area contributed by atoms with Crippen LogP contribution in [0.2, 0.25) is 5.15 Å². The van der Waals surface area contributed by atoms with Crippen molar-refractivity contribution in [3.63, 3.8) is 0 Å². The molecule has 0 fully saturated rings. The smallest absolute Gasteiger partial charge is 0.253 e. The third kappa shape index (κ3) is 4.02. The number of pyridine rings is 1. The van der Waals surface area contributed by atoms with Crippen LogP contribution in [0.3, 0.4) is 0 Å². The molecule has 1 aromatic carbocycles. The molecule has 6 heteroatoms. The van der Waals surface area contributed by atoms with E-state index in [4.69, 9.17) is 11.6 Å². The molecule has 4 nitrogen and oxygen atoms in total. The SMILES string of the molecule is CC(CCS(C)=O)NC(=O)c1cnc(Cl)c2ccccc12. The Morgan fingerprint density at radius 1 is 1.38 bits per heavy atom. The third-order valence-electron chi connectivity index (χ3n) is 3.21. The highest BCUT2D eigenvalue weighted by Gasteiger charge is 2.15. The van der Waals surface area contributed by atoms with Crippen molar-refractivity contribution in [3.8, 4) is 0 Å². The van der Waals surface area contributed by atoms with E-state index in [0.717, 1.165) is 10.8 Å². The van der Waals surface area contributed by atoms with Gasteiger partial charge in [-0.2, -0.15) is 0 Å². The zero-order chi connectivity index (χ0) is 15.4. The second-order valence-corrected chi connectivity index (χ2v) is 6.86. The predicted molar refractivity (Wildman–Crippen MR) is 87.2 cm³/mol. The Bertz CT molecular complexity index is 690. The van der Waals surface area contributed by atoms with Crippen molar-refractivity contribution in [3.05, 3.63) is 41.2 Å². The summed E-state index contributed by atoms with van der Waals surface area (Å²) < 4.78 is 11.1. The molecular weight excluding hydrogens is 308 g/mol. The number of hydrogen-bond acceptors (Lipinski definition) is 3. The van der Waals surface area contributed by atoms with E-state index in [2.05, 4.69) is 10.3 Å². The zero-order valence-electron chi connectivity index (χ0n) is 11.9. The van der Waals surface area contributed by atoms with Gasteiger partial charge in [0.25, 0.3) is 5.91 Å². The molecule has 1 heterocycles. The number of nitrogens with one attached hydrogen (secondary N) is 1. The number of rotatable bonds is 5. The molecule has 2 atom stereocenters. The summed E-state index contributed by atoms with van der Waals surface area (Å²) in [6.07, 6.45) is 3.82. The van der Waals surface area contributed by atoms with Crippen molar-refractivity contribution < 1.29 is 9.00 Å². The number of halogens is 1. The number of benzene rings is 1. The number of fused-ring (bicyclic) bond motifs is 1. The lowest BCUT2D eigenvalue weighted by Crippen LogP contribution is -2.33. The molecule has 112 valence electrons. The van der Waals surface area contributed by atoms with Crippen molar-refractivity contribution in [2.24, 2.45) is 0 Å². The lowest BCUT2D eigenvalue weighted by Gasteiger charge is -2.14. The minimum atomic E-state index is -0.852. The maximum absolute atomic E-state index is 12.4. The first-order chi connectivity index (χ1) is 9.99. The van der Waals surface area contributed by atoms with Crippen molar-refractivity contribution >= 4 is 39.1 Å². The Kier molecular flexibility index (Phi) is 5.31. The molecule has 0 aliphatic rings. The molecule has 0 bridgehead atoms. The lowest BCUT2D eigenvalue weighted by atomic mass is 10.1. The second-order valence-electron chi connectivity index (χ2n) is 4.95. The van der Waals surface area contributed by atoms with Crippen LogP contribution in [0, 0.1) is 0 Å². The summed E-state index contributed by atoms with van der Waals surface area (Å²) in [5.74, 6) is 0.380. The van der Waals surface area contributed by atoms with E-state index >= 15 is 0 Å². The summed E-state index contributed by atoms with van der Waals surface area (Å²) in [6, 6.07) is 7.36. The van der Waals surface area contributed by atoms with Gasteiger partial charge in [0.05, 0.1) is 5.56 Å². The summed E-state index contributed by atoms with van der Waals surface area (Å²) in [7, 11) is -0.852. The van der Waals surface area contributed by atoms with Crippen LogP contribution >= 0.6 is 11.6 Å². The highest BCUT2D eigenvalue weighted by molar-refractivity contribution is 7.84. The van der Waals surface area contributed by atoms with Gasteiger partial charge in [-0.25, -0.2) is 4.98 Å².